The Morgan fingerprint density at radius 1 is 1.62 bits per heavy atom. The summed E-state index contributed by atoms with van der Waals surface area (Å²) in [6.07, 6.45) is 0.496. The van der Waals surface area contributed by atoms with Crippen LogP contribution in [0.25, 0.3) is 10.7 Å². The van der Waals surface area contributed by atoms with Crippen molar-refractivity contribution in [2.45, 2.75) is 12.5 Å². The topological polar surface area (TPSA) is 77.0 Å². The lowest BCUT2D eigenvalue weighted by molar-refractivity contribution is 0.273. The fourth-order valence-corrected chi connectivity index (χ4v) is 2.15. The minimum absolute atomic E-state index is 0.0579. The van der Waals surface area contributed by atoms with Crippen molar-refractivity contribution in [2.75, 3.05) is 6.61 Å². The van der Waals surface area contributed by atoms with Gasteiger partial charge in [-0.05, 0) is 17.9 Å². The zero-order valence-electron chi connectivity index (χ0n) is 9.00. The van der Waals surface area contributed by atoms with E-state index in [1.165, 1.54) is 0 Å². The minimum Gasteiger partial charge on any atom is -0.396 e. The Kier molecular flexibility index (Phi) is 3.33. The van der Waals surface area contributed by atoms with E-state index in [4.69, 9.17) is 10.8 Å². The average molecular weight is 238 g/mol. The van der Waals surface area contributed by atoms with Crippen molar-refractivity contribution < 1.29 is 5.11 Å². The van der Waals surface area contributed by atoms with E-state index in [-0.39, 0.29) is 12.6 Å². The second-order valence-corrected chi connectivity index (χ2v) is 4.46. The molecule has 2 aromatic rings. The summed E-state index contributed by atoms with van der Waals surface area (Å²) in [6.45, 7) is 0.0579. The van der Waals surface area contributed by atoms with E-state index in [9.17, 15) is 0 Å². The summed E-state index contributed by atoms with van der Waals surface area (Å²) < 4.78 is 1.68. The molecule has 2 heterocycles. The van der Waals surface area contributed by atoms with Crippen molar-refractivity contribution in [1.82, 2.24) is 14.8 Å². The SMILES string of the molecule is Cn1nc(-c2cccs2)nc1C(N)CCO. The molecule has 0 aliphatic rings. The Morgan fingerprint density at radius 2 is 2.44 bits per heavy atom. The summed E-state index contributed by atoms with van der Waals surface area (Å²) >= 11 is 1.59. The van der Waals surface area contributed by atoms with Gasteiger partial charge in [-0.3, -0.25) is 4.68 Å². The van der Waals surface area contributed by atoms with Crippen LogP contribution >= 0.6 is 11.3 Å². The van der Waals surface area contributed by atoms with Gasteiger partial charge in [-0.25, -0.2) is 4.98 Å². The van der Waals surface area contributed by atoms with E-state index in [1.807, 2.05) is 24.6 Å². The minimum atomic E-state index is -0.267. The summed E-state index contributed by atoms with van der Waals surface area (Å²) in [4.78, 5) is 5.42. The molecule has 3 N–H and O–H groups in total. The predicted molar refractivity (Wildman–Crippen MR) is 62.9 cm³/mol. The highest BCUT2D eigenvalue weighted by atomic mass is 32.1. The van der Waals surface area contributed by atoms with Crippen molar-refractivity contribution in [2.24, 2.45) is 12.8 Å². The number of hydrogen-bond donors (Lipinski definition) is 2. The summed E-state index contributed by atoms with van der Waals surface area (Å²) in [5.74, 6) is 1.40. The number of hydrogen-bond acceptors (Lipinski definition) is 5. The number of thiophene rings is 1. The molecular formula is C10H14N4OS. The molecule has 5 nitrogen and oxygen atoms in total. The van der Waals surface area contributed by atoms with Crippen LogP contribution in [0.15, 0.2) is 17.5 Å². The summed E-state index contributed by atoms with van der Waals surface area (Å²) in [5.41, 5.74) is 5.89. The van der Waals surface area contributed by atoms with Crippen LogP contribution < -0.4 is 5.73 Å². The molecule has 6 heteroatoms. The monoisotopic (exact) mass is 238 g/mol. The van der Waals surface area contributed by atoms with Gasteiger partial charge in [-0.2, -0.15) is 5.10 Å². The number of nitrogens with zero attached hydrogens (tertiary/aromatic N) is 3. The maximum Gasteiger partial charge on any atom is 0.191 e. The Labute approximate surface area is 97.5 Å². The van der Waals surface area contributed by atoms with Crippen LogP contribution in [0.2, 0.25) is 0 Å². The molecule has 0 bridgehead atoms. The quantitative estimate of drug-likeness (QED) is 0.830. The van der Waals surface area contributed by atoms with Gasteiger partial charge in [-0.1, -0.05) is 6.07 Å². The molecule has 16 heavy (non-hydrogen) atoms. The molecule has 0 radical (unpaired) electrons. The molecule has 1 atom stereocenters. The maximum atomic E-state index is 8.84. The highest BCUT2D eigenvalue weighted by Crippen LogP contribution is 2.22. The fourth-order valence-electron chi connectivity index (χ4n) is 1.50. The van der Waals surface area contributed by atoms with Crippen molar-refractivity contribution >= 4 is 11.3 Å². The van der Waals surface area contributed by atoms with Crippen molar-refractivity contribution in [3.63, 3.8) is 0 Å². The van der Waals surface area contributed by atoms with Crippen LogP contribution in [0.3, 0.4) is 0 Å². The third-order valence-electron chi connectivity index (χ3n) is 2.31. The maximum absolute atomic E-state index is 8.84. The first-order chi connectivity index (χ1) is 7.72. The number of aliphatic hydroxyl groups excluding tert-OH is 1. The van der Waals surface area contributed by atoms with Crippen molar-refractivity contribution in [1.29, 1.82) is 0 Å². The standard InChI is InChI=1S/C10H14N4OS/c1-14-10(7(11)4-5-15)12-9(13-14)8-3-2-6-16-8/h2-3,6-7,15H,4-5,11H2,1H3. The van der Waals surface area contributed by atoms with E-state index in [1.54, 1.807) is 16.0 Å². The Morgan fingerprint density at radius 3 is 3.06 bits per heavy atom. The van der Waals surface area contributed by atoms with E-state index in [0.29, 0.717) is 18.1 Å². The second-order valence-electron chi connectivity index (χ2n) is 3.51. The van der Waals surface area contributed by atoms with Crippen molar-refractivity contribution in [3.05, 3.63) is 23.3 Å². The molecule has 2 aromatic heterocycles. The molecular weight excluding hydrogens is 224 g/mol. The zero-order chi connectivity index (χ0) is 11.5. The molecule has 0 saturated carbocycles. The van der Waals surface area contributed by atoms with Crippen LogP contribution in [-0.4, -0.2) is 26.5 Å². The fraction of sp³-hybridized carbons (Fsp3) is 0.400. The molecule has 0 fully saturated rings. The van der Waals surface area contributed by atoms with E-state index in [0.717, 1.165) is 4.88 Å². The van der Waals surface area contributed by atoms with Crippen LogP contribution in [0.5, 0.6) is 0 Å². The molecule has 86 valence electrons. The van der Waals surface area contributed by atoms with E-state index in [2.05, 4.69) is 10.1 Å². The third kappa shape index (κ3) is 2.13. The molecule has 0 aromatic carbocycles. The van der Waals surface area contributed by atoms with Crippen LogP contribution in [0, 0.1) is 0 Å². The normalized spacial score (nSPS) is 12.9. The first-order valence-corrected chi connectivity index (χ1v) is 5.91. The first kappa shape index (κ1) is 11.3. The van der Waals surface area contributed by atoms with Gasteiger partial charge >= 0.3 is 0 Å². The Balaban J connectivity index is 2.28. The molecule has 0 saturated heterocycles. The van der Waals surface area contributed by atoms with Gasteiger partial charge < -0.3 is 10.8 Å². The van der Waals surface area contributed by atoms with Gasteiger partial charge in [0.05, 0.1) is 10.9 Å². The molecule has 0 amide bonds. The molecule has 1 unspecified atom stereocenters. The second kappa shape index (κ2) is 4.73. The molecule has 0 aliphatic carbocycles. The van der Waals surface area contributed by atoms with Crippen LogP contribution in [-0.2, 0) is 7.05 Å². The van der Waals surface area contributed by atoms with Crippen molar-refractivity contribution in [3.8, 4) is 10.7 Å². The van der Waals surface area contributed by atoms with Gasteiger partial charge in [0.25, 0.3) is 0 Å². The lowest BCUT2D eigenvalue weighted by Gasteiger charge is -2.07. The van der Waals surface area contributed by atoms with Crippen LogP contribution in [0.4, 0.5) is 0 Å². The number of aromatic nitrogens is 3. The first-order valence-electron chi connectivity index (χ1n) is 5.03. The van der Waals surface area contributed by atoms with Gasteiger partial charge in [-0.15, -0.1) is 11.3 Å². The lowest BCUT2D eigenvalue weighted by atomic mass is 10.2. The number of aryl methyl sites for hydroxylation is 1. The predicted octanol–water partition coefficient (Wildman–Crippen LogP) is 0.926. The summed E-state index contributed by atoms with van der Waals surface area (Å²) in [7, 11) is 1.82. The van der Waals surface area contributed by atoms with E-state index >= 15 is 0 Å². The zero-order valence-corrected chi connectivity index (χ0v) is 9.81. The number of rotatable bonds is 4. The van der Waals surface area contributed by atoms with Gasteiger partial charge in [0, 0.05) is 13.7 Å². The summed E-state index contributed by atoms with van der Waals surface area (Å²) in [5, 5.41) is 15.1. The Bertz CT molecular complexity index is 451. The highest BCUT2D eigenvalue weighted by molar-refractivity contribution is 7.13. The van der Waals surface area contributed by atoms with Gasteiger partial charge in [0.1, 0.15) is 5.82 Å². The van der Waals surface area contributed by atoms with Gasteiger partial charge in [0.2, 0.25) is 0 Å². The van der Waals surface area contributed by atoms with Gasteiger partial charge in [0.15, 0.2) is 5.82 Å². The largest absolute Gasteiger partial charge is 0.396 e. The molecule has 2 rings (SSSR count). The molecule has 0 aliphatic heterocycles. The highest BCUT2D eigenvalue weighted by Gasteiger charge is 2.15. The smallest absolute Gasteiger partial charge is 0.191 e. The number of aliphatic hydroxyl groups is 1. The third-order valence-corrected chi connectivity index (χ3v) is 3.18. The lowest BCUT2D eigenvalue weighted by Crippen LogP contribution is -2.17. The van der Waals surface area contributed by atoms with E-state index < -0.39 is 0 Å². The Hall–Kier alpha value is -1.24. The molecule has 0 spiro atoms. The average Bonchev–Trinajstić information content (AvgIpc) is 2.86. The summed E-state index contributed by atoms with van der Waals surface area (Å²) in [6, 6.07) is 3.67. The number of nitrogens with two attached hydrogens (primary N) is 1. The van der Waals surface area contributed by atoms with Crippen LogP contribution in [0.1, 0.15) is 18.3 Å².